The molecule has 0 aliphatic carbocycles. The van der Waals surface area contributed by atoms with E-state index in [0.717, 1.165) is 15.8 Å². The molecule has 0 spiro atoms. The Morgan fingerprint density at radius 2 is 1.85 bits per heavy atom. The fraction of sp³-hybridized carbons (Fsp3) is 0.263. The molecule has 0 saturated carbocycles. The first-order valence-electron chi connectivity index (χ1n) is 8.25. The number of aromatic nitrogens is 1. The van der Waals surface area contributed by atoms with Crippen molar-refractivity contribution >= 4 is 37.3 Å². The standard InChI is InChI=1S/C19H20N2O3S2/c1-4-26(23,24)15-8-6-14(7-9-15)12-18(22)20-19-21(3)16-10-5-13(2)11-17(16)25-19/h5-11H,4,12H2,1-3H3. The Bertz CT molecular complexity index is 1140. The van der Waals surface area contributed by atoms with Gasteiger partial charge in [0.15, 0.2) is 14.6 Å². The minimum Gasteiger partial charge on any atom is -0.319 e. The van der Waals surface area contributed by atoms with E-state index in [1.807, 2.05) is 30.7 Å². The first kappa shape index (κ1) is 18.5. The van der Waals surface area contributed by atoms with Crippen LogP contribution in [-0.2, 0) is 28.1 Å². The number of carbonyl (C=O) groups is 1. The van der Waals surface area contributed by atoms with Gasteiger partial charge in [-0.05, 0) is 42.3 Å². The van der Waals surface area contributed by atoms with E-state index in [2.05, 4.69) is 11.1 Å². The zero-order chi connectivity index (χ0) is 18.9. The number of hydrogen-bond acceptors (Lipinski definition) is 4. The number of sulfone groups is 1. The fourth-order valence-corrected chi connectivity index (χ4v) is 4.67. The quantitative estimate of drug-likeness (QED) is 0.690. The fourth-order valence-electron chi connectivity index (χ4n) is 2.65. The van der Waals surface area contributed by atoms with Gasteiger partial charge in [-0.2, -0.15) is 4.99 Å². The summed E-state index contributed by atoms with van der Waals surface area (Å²) in [6.45, 7) is 3.64. The van der Waals surface area contributed by atoms with Gasteiger partial charge in [0, 0.05) is 7.05 Å². The molecular weight excluding hydrogens is 368 g/mol. The maximum absolute atomic E-state index is 12.3. The molecule has 1 amide bonds. The summed E-state index contributed by atoms with van der Waals surface area (Å²) in [7, 11) is -1.33. The van der Waals surface area contributed by atoms with Crippen LogP contribution in [0.1, 0.15) is 18.1 Å². The molecule has 1 aromatic heterocycles. The third-order valence-electron chi connectivity index (χ3n) is 4.20. The molecule has 26 heavy (non-hydrogen) atoms. The van der Waals surface area contributed by atoms with E-state index in [1.165, 1.54) is 16.9 Å². The van der Waals surface area contributed by atoms with Crippen molar-refractivity contribution < 1.29 is 13.2 Å². The van der Waals surface area contributed by atoms with E-state index in [9.17, 15) is 13.2 Å². The second-order valence-corrected chi connectivity index (χ2v) is 9.43. The second-order valence-electron chi connectivity index (χ2n) is 6.14. The van der Waals surface area contributed by atoms with Crippen LogP contribution in [0.15, 0.2) is 52.4 Å². The first-order valence-corrected chi connectivity index (χ1v) is 10.7. The van der Waals surface area contributed by atoms with E-state index >= 15 is 0 Å². The topological polar surface area (TPSA) is 68.5 Å². The van der Waals surface area contributed by atoms with E-state index in [4.69, 9.17) is 0 Å². The van der Waals surface area contributed by atoms with E-state index < -0.39 is 9.84 Å². The Kier molecular flexibility index (Phi) is 5.11. The summed E-state index contributed by atoms with van der Waals surface area (Å²) in [4.78, 5) is 17.5. The number of fused-ring (bicyclic) bond motifs is 1. The summed E-state index contributed by atoms with van der Waals surface area (Å²) in [5.41, 5.74) is 2.95. The van der Waals surface area contributed by atoms with Gasteiger partial charge in [-0.3, -0.25) is 4.79 Å². The maximum atomic E-state index is 12.3. The van der Waals surface area contributed by atoms with Crippen LogP contribution < -0.4 is 4.80 Å². The third kappa shape index (κ3) is 3.78. The van der Waals surface area contributed by atoms with Crippen molar-refractivity contribution in [1.29, 1.82) is 0 Å². The van der Waals surface area contributed by atoms with Crippen LogP contribution in [0.2, 0.25) is 0 Å². The van der Waals surface area contributed by atoms with Gasteiger partial charge in [0.25, 0.3) is 5.91 Å². The molecule has 0 aliphatic rings. The highest BCUT2D eigenvalue weighted by molar-refractivity contribution is 7.91. The van der Waals surface area contributed by atoms with Gasteiger partial charge in [-0.15, -0.1) is 0 Å². The van der Waals surface area contributed by atoms with Crippen LogP contribution in [0.3, 0.4) is 0 Å². The molecular formula is C19H20N2O3S2. The predicted molar refractivity (Wildman–Crippen MR) is 104 cm³/mol. The second kappa shape index (κ2) is 7.17. The zero-order valence-corrected chi connectivity index (χ0v) is 16.5. The van der Waals surface area contributed by atoms with Gasteiger partial charge in [0.1, 0.15) is 0 Å². The SMILES string of the molecule is CCS(=O)(=O)c1ccc(CC(=O)N=c2sc3cc(C)ccc3n2C)cc1. The zero-order valence-electron chi connectivity index (χ0n) is 14.9. The van der Waals surface area contributed by atoms with Crippen molar-refractivity contribution in [2.45, 2.75) is 25.2 Å². The molecule has 1 heterocycles. The minimum absolute atomic E-state index is 0.0581. The smallest absolute Gasteiger partial charge is 0.252 e. The van der Waals surface area contributed by atoms with Gasteiger partial charge in [-0.1, -0.05) is 36.5 Å². The summed E-state index contributed by atoms with van der Waals surface area (Å²) in [5.74, 6) is -0.197. The Morgan fingerprint density at radius 3 is 2.50 bits per heavy atom. The van der Waals surface area contributed by atoms with Gasteiger partial charge in [0.2, 0.25) is 0 Å². The average molecular weight is 389 g/mol. The summed E-state index contributed by atoms with van der Waals surface area (Å²) >= 11 is 1.48. The normalized spacial score (nSPS) is 12.7. The van der Waals surface area contributed by atoms with Crippen LogP contribution in [-0.4, -0.2) is 24.6 Å². The van der Waals surface area contributed by atoms with Gasteiger partial charge >= 0.3 is 0 Å². The molecule has 2 aromatic carbocycles. The first-order chi connectivity index (χ1) is 12.3. The molecule has 5 nitrogen and oxygen atoms in total. The molecule has 0 radical (unpaired) electrons. The van der Waals surface area contributed by atoms with Gasteiger partial charge in [0.05, 0.1) is 27.3 Å². The molecule has 0 atom stereocenters. The minimum atomic E-state index is -3.23. The van der Waals surface area contributed by atoms with E-state index in [0.29, 0.717) is 4.80 Å². The number of carbonyl (C=O) groups excluding carboxylic acids is 1. The molecule has 0 aliphatic heterocycles. The number of nitrogens with zero attached hydrogens (tertiary/aromatic N) is 2. The highest BCUT2D eigenvalue weighted by Crippen LogP contribution is 2.18. The van der Waals surface area contributed by atoms with Crippen LogP contribution in [0.4, 0.5) is 0 Å². The Balaban J connectivity index is 1.85. The Labute approximate surface area is 156 Å². The molecule has 0 fully saturated rings. The summed E-state index contributed by atoms with van der Waals surface area (Å²) in [6, 6.07) is 12.6. The summed E-state index contributed by atoms with van der Waals surface area (Å²) in [6.07, 6.45) is 0.139. The lowest BCUT2D eigenvalue weighted by atomic mass is 10.1. The van der Waals surface area contributed by atoms with Gasteiger partial charge in [-0.25, -0.2) is 8.42 Å². The number of hydrogen-bond donors (Lipinski definition) is 0. The van der Waals surface area contributed by atoms with Crippen molar-refractivity contribution in [3.63, 3.8) is 0 Å². The lowest BCUT2D eigenvalue weighted by Gasteiger charge is -2.02. The molecule has 7 heteroatoms. The predicted octanol–water partition coefficient (Wildman–Crippen LogP) is 3.01. The van der Waals surface area contributed by atoms with Crippen molar-refractivity contribution in [2.75, 3.05) is 5.75 Å². The van der Waals surface area contributed by atoms with Crippen molar-refractivity contribution in [3.8, 4) is 0 Å². The molecule has 0 N–H and O–H groups in total. The average Bonchev–Trinajstić information content (AvgIpc) is 2.90. The van der Waals surface area contributed by atoms with Crippen LogP contribution in [0.5, 0.6) is 0 Å². The lowest BCUT2D eigenvalue weighted by molar-refractivity contribution is -0.117. The van der Waals surface area contributed by atoms with Crippen molar-refractivity contribution in [1.82, 2.24) is 4.57 Å². The molecule has 136 valence electrons. The van der Waals surface area contributed by atoms with Crippen LogP contribution >= 0.6 is 11.3 Å². The van der Waals surface area contributed by atoms with Gasteiger partial charge < -0.3 is 4.57 Å². The highest BCUT2D eigenvalue weighted by Gasteiger charge is 2.12. The maximum Gasteiger partial charge on any atom is 0.252 e. The number of amides is 1. The Morgan fingerprint density at radius 1 is 1.15 bits per heavy atom. The molecule has 3 aromatic rings. The van der Waals surface area contributed by atoms with Crippen LogP contribution in [0, 0.1) is 6.92 Å². The molecule has 0 saturated heterocycles. The van der Waals surface area contributed by atoms with Crippen LogP contribution in [0.25, 0.3) is 10.2 Å². The number of rotatable bonds is 4. The number of aryl methyl sites for hydroxylation is 2. The highest BCUT2D eigenvalue weighted by atomic mass is 32.2. The summed E-state index contributed by atoms with van der Waals surface area (Å²) in [5, 5.41) is 0. The van der Waals surface area contributed by atoms with Crippen molar-refractivity contribution in [2.24, 2.45) is 12.0 Å². The monoisotopic (exact) mass is 388 g/mol. The molecule has 3 rings (SSSR count). The number of benzene rings is 2. The van der Waals surface area contributed by atoms with Crippen molar-refractivity contribution in [3.05, 3.63) is 58.4 Å². The lowest BCUT2D eigenvalue weighted by Crippen LogP contribution is -2.14. The summed E-state index contributed by atoms with van der Waals surface area (Å²) < 4.78 is 26.7. The van der Waals surface area contributed by atoms with E-state index in [-0.39, 0.29) is 23.0 Å². The largest absolute Gasteiger partial charge is 0.319 e. The Hall–Kier alpha value is -2.25. The molecule has 0 unspecified atom stereocenters. The number of thiazole rings is 1. The third-order valence-corrected chi connectivity index (χ3v) is 7.05. The molecule has 0 bridgehead atoms. The van der Waals surface area contributed by atoms with E-state index in [1.54, 1.807) is 31.2 Å².